The molecule has 1 aliphatic rings. The van der Waals surface area contributed by atoms with Gasteiger partial charge in [0.25, 0.3) is 0 Å². The Morgan fingerprint density at radius 3 is 2.95 bits per heavy atom. The number of pyridine rings is 1. The number of aromatic nitrogens is 1. The minimum atomic E-state index is -0.0800. The Bertz CT molecular complexity index is 681. The zero-order valence-electron chi connectivity index (χ0n) is 11.6. The van der Waals surface area contributed by atoms with Gasteiger partial charge in [-0.15, -0.1) is 0 Å². The van der Waals surface area contributed by atoms with Crippen LogP contribution in [0, 0.1) is 5.92 Å². The number of anilines is 1. The van der Waals surface area contributed by atoms with E-state index < -0.39 is 0 Å². The molecule has 0 atom stereocenters. The first-order valence-electron chi connectivity index (χ1n) is 7.21. The summed E-state index contributed by atoms with van der Waals surface area (Å²) < 4.78 is 0. The normalized spacial score (nSPS) is 15.5. The Morgan fingerprint density at radius 1 is 1.43 bits per heavy atom. The molecule has 1 amide bonds. The Hall–Kier alpha value is -1.81. The van der Waals surface area contributed by atoms with Crippen LogP contribution in [-0.4, -0.2) is 16.0 Å². The molecular weight excluding hydrogens is 288 g/mol. The van der Waals surface area contributed by atoms with Gasteiger partial charge in [-0.2, -0.15) is 0 Å². The van der Waals surface area contributed by atoms with Crippen LogP contribution < -0.4 is 5.32 Å². The maximum absolute atomic E-state index is 12.1. The molecule has 1 aliphatic carbocycles. The first-order valence-corrected chi connectivity index (χ1v) is 7.59. The molecule has 3 rings (SSSR count). The number of hydrogen-bond donors (Lipinski definition) is 2. The van der Waals surface area contributed by atoms with Crippen LogP contribution in [0.25, 0.3) is 10.9 Å². The summed E-state index contributed by atoms with van der Waals surface area (Å²) >= 11 is 6.19. The number of phenolic OH excluding ortho intramolecular Hbond substituents is 1. The van der Waals surface area contributed by atoms with Crippen LogP contribution in [0.2, 0.25) is 5.02 Å². The van der Waals surface area contributed by atoms with E-state index in [0.717, 1.165) is 12.8 Å². The topological polar surface area (TPSA) is 62.2 Å². The van der Waals surface area contributed by atoms with Crippen molar-refractivity contribution in [3.05, 3.63) is 29.4 Å². The number of hydrogen-bond acceptors (Lipinski definition) is 3. The van der Waals surface area contributed by atoms with Crippen molar-refractivity contribution in [2.45, 2.75) is 32.1 Å². The van der Waals surface area contributed by atoms with E-state index in [9.17, 15) is 9.90 Å². The quantitative estimate of drug-likeness (QED) is 0.839. The van der Waals surface area contributed by atoms with Crippen LogP contribution in [0.4, 0.5) is 5.69 Å². The van der Waals surface area contributed by atoms with Crippen LogP contribution in [0.15, 0.2) is 24.4 Å². The molecule has 0 spiro atoms. The van der Waals surface area contributed by atoms with Crippen molar-refractivity contribution >= 4 is 34.1 Å². The second kappa shape index (κ2) is 5.90. The third-order valence-corrected chi connectivity index (χ3v) is 4.35. The molecule has 0 radical (unpaired) electrons. The van der Waals surface area contributed by atoms with Gasteiger partial charge >= 0.3 is 0 Å². The molecular formula is C16H17ClN2O2. The van der Waals surface area contributed by atoms with Crippen molar-refractivity contribution in [2.75, 3.05) is 5.32 Å². The largest absolute Gasteiger partial charge is 0.504 e. The first-order chi connectivity index (χ1) is 10.1. The van der Waals surface area contributed by atoms with Crippen molar-refractivity contribution in [2.24, 2.45) is 5.92 Å². The highest BCUT2D eigenvalue weighted by Gasteiger charge is 2.20. The fraction of sp³-hybridized carbons (Fsp3) is 0.375. The molecule has 1 saturated carbocycles. The number of fused-ring (bicyclic) bond motifs is 1. The zero-order valence-corrected chi connectivity index (χ0v) is 12.4. The molecule has 2 aromatic rings. The summed E-state index contributed by atoms with van der Waals surface area (Å²) in [6.45, 7) is 0. The summed E-state index contributed by atoms with van der Waals surface area (Å²) in [5.41, 5.74) is 0.732. The SMILES string of the molecule is O=C(CC1CCCC1)Nc1cc(Cl)c2cccnc2c1O. The van der Waals surface area contributed by atoms with Gasteiger partial charge in [-0.3, -0.25) is 9.78 Å². The number of benzene rings is 1. The van der Waals surface area contributed by atoms with Crippen LogP contribution >= 0.6 is 11.6 Å². The molecule has 21 heavy (non-hydrogen) atoms. The van der Waals surface area contributed by atoms with E-state index in [0.29, 0.717) is 34.0 Å². The molecule has 4 nitrogen and oxygen atoms in total. The summed E-state index contributed by atoms with van der Waals surface area (Å²) in [5, 5.41) is 14.1. The molecule has 0 unspecified atom stereocenters. The van der Waals surface area contributed by atoms with Gasteiger partial charge < -0.3 is 10.4 Å². The lowest BCUT2D eigenvalue weighted by molar-refractivity contribution is -0.117. The third kappa shape index (κ3) is 2.95. The molecule has 1 aromatic carbocycles. The van der Waals surface area contributed by atoms with E-state index in [1.807, 2.05) is 0 Å². The Balaban J connectivity index is 1.83. The Kier molecular flexibility index (Phi) is 3.97. The van der Waals surface area contributed by atoms with Crippen LogP contribution in [0.1, 0.15) is 32.1 Å². The molecule has 1 fully saturated rings. The van der Waals surface area contributed by atoms with Gasteiger partial charge in [0.1, 0.15) is 5.52 Å². The van der Waals surface area contributed by atoms with E-state index in [4.69, 9.17) is 11.6 Å². The lowest BCUT2D eigenvalue weighted by Gasteiger charge is -2.12. The average Bonchev–Trinajstić information content (AvgIpc) is 2.97. The van der Waals surface area contributed by atoms with Crippen molar-refractivity contribution in [3.63, 3.8) is 0 Å². The molecule has 110 valence electrons. The molecule has 5 heteroatoms. The van der Waals surface area contributed by atoms with Gasteiger partial charge in [0, 0.05) is 18.0 Å². The summed E-state index contributed by atoms with van der Waals surface area (Å²) in [7, 11) is 0. The summed E-state index contributed by atoms with van der Waals surface area (Å²) in [4.78, 5) is 16.2. The van der Waals surface area contributed by atoms with Crippen LogP contribution in [0.3, 0.4) is 0 Å². The predicted octanol–water partition coefficient (Wildman–Crippen LogP) is 4.11. The molecule has 0 saturated heterocycles. The number of rotatable bonds is 3. The number of amides is 1. The van der Waals surface area contributed by atoms with Crippen molar-refractivity contribution in [1.29, 1.82) is 0 Å². The monoisotopic (exact) mass is 304 g/mol. The lowest BCUT2D eigenvalue weighted by atomic mass is 10.0. The summed E-state index contributed by atoms with van der Waals surface area (Å²) in [5.74, 6) is 0.347. The van der Waals surface area contributed by atoms with E-state index in [2.05, 4.69) is 10.3 Å². The molecule has 0 aliphatic heterocycles. The summed E-state index contributed by atoms with van der Waals surface area (Å²) in [6.07, 6.45) is 6.71. The lowest BCUT2D eigenvalue weighted by Crippen LogP contribution is -2.15. The smallest absolute Gasteiger partial charge is 0.224 e. The Labute approximate surface area is 128 Å². The average molecular weight is 305 g/mol. The fourth-order valence-electron chi connectivity index (χ4n) is 2.96. The standard InChI is InChI=1S/C16H17ClN2O2/c17-12-9-13(16(21)15-11(12)6-3-7-18-15)19-14(20)8-10-4-1-2-5-10/h3,6-7,9-10,21H,1-2,4-5,8H2,(H,19,20). The maximum Gasteiger partial charge on any atom is 0.224 e. The van der Waals surface area contributed by atoms with E-state index >= 15 is 0 Å². The second-order valence-corrected chi connectivity index (χ2v) is 5.96. The molecule has 1 aromatic heterocycles. The van der Waals surface area contributed by atoms with Crippen molar-refractivity contribution in [1.82, 2.24) is 4.98 Å². The van der Waals surface area contributed by atoms with Gasteiger partial charge in [-0.05, 0) is 37.0 Å². The second-order valence-electron chi connectivity index (χ2n) is 5.56. The number of carbonyl (C=O) groups is 1. The predicted molar refractivity (Wildman–Crippen MR) is 83.6 cm³/mol. The minimum absolute atomic E-state index is 0.0326. The summed E-state index contributed by atoms with van der Waals surface area (Å²) in [6, 6.07) is 5.12. The number of aromatic hydroxyl groups is 1. The van der Waals surface area contributed by atoms with Crippen LogP contribution in [-0.2, 0) is 4.79 Å². The molecule has 1 heterocycles. The van der Waals surface area contributed by atoms with Gasteiger partial charge in [-0.25, -0.2) is 0 Å². The van der Waals surface area contributed by atoms with Gasteiger partial charge in [0.05, 0.1) is 10.7 Å². The van der Waals surface area contributed by atoms with E-state index in [1.54, 1.807) is 24.4 Å². The minimum Gasteiger partial charge on any atom is -0.504 e. The zero-order chi connectivity index (χ0) is 14.8. The van der Waals surface area contributed by atoms with Crippen LogP contribution in [0.5, 0.6) is 5.75 Å². The number of halogens is 1. The number of phenols is 1. The fourth-order valence-corrected chi connectivity index (χ4v) is 3.22. The number of nitrogens with one attached hydrogen (secondary N) is 1. The van der Waals surface area contributed by atoms with E-state index in [-0.39, 0.29) is 11.7 Å². The number of nitrogens with zero attached hydrogens (tertiary/aromatic N) is 1. The van der Waals surface area contributed by atoms with Gasteiger partial charge in [0.2, 0.25) is 5.91 Å². The highest BCUT2D eigenvalue weighted by atomic mass is 35.5. The van der Waals surface area contributed by atoms with Crippen molar-refractivity contribution in [3.8, 4) is 5.75 Å². The Morgan fingerprint density at radius 2 is 2.19 bits per heavy atom. The maximum atomic E-state index is 12.1. The number of carbonyl (C=O) groups excluding carboxylic acids is 1. The third-order valence-electron chi connectivity index (χ3n) is 4.04. The highest BCUT2D eigenvalue weighted by Crippen LogP contribution is 2.36. The van der Waals surface area contributed by atoms with Gasteiger partial charge in [0.15, 0.2) is 5.75 Å². The molecule has 0 bridgehead atoms. The van der Waals surface area contributed by atoms with Crippen molar-refractivity contribution < 1.29 is 9.90 Å². The van der Waals surface area contributed by atoms with E-state index in [1.165, 1.54) is 12.8 Å². The first kappa shape index (κ1) is 14.1. The highest BCUT2D eigenvalue weighted by molar-refractivity contribution is 6.36. The molecule has 2 N–H and O–H groups in total. The van der Waals surface area contributed by atoms with Gasteiger partial charge in [-0.1, -0.05) is 24.4 Å².